The van der Waals surface area contributed by atoms with Crippen molar-refractivity contribution in [3.05, 3.63) is 57.8 Å². The van der Waals surface area contributed by atoms with Gasteiger partial charge in [0.1, 0.15) is 17.1 Å². The lowest BCUT2D eigenvalue weighted by Gasteiger charge is -2.38. The van der Waals surface area contributed by atoms with Gasteiger partial charge >= 0.3 is 0 Å². The molecule has 5 rings (SSSR count). The highest BCUT2D eigenvalue weighted by Gasteiger charge is 2.41. The van der Waals surface area contributed by atoms with Gasteiger partial charge in [-0.3, -0.25) is 9.69 Å². The molecule has 0 fully saturated rings. The van der Waals surface area contributed by atoms with E-state index in [1.807, 2.05) is 6.07 Å². The Morgan fingerprint density at radius 2 is 2.08 bits per heavy atom. The van der Waals surface area contributed by atoms with E-state index in [4.69, 9.17) is 9.15 Å². The fourth-order valence-corrected chi connectivity index (χ4v) is 3.84. The molecule has 0 radical (unpaired) electrons. The van der Waals surface area contributed by atoms with Crippen LogP contribution in [0.4, 0.5) is 0 Å². The third-order valence-corrected chi connectivity index (χ3v) is 5.08. The van der Waals surface area contributed by atoms with Crippen molar-refractivity contribution in [2.75, 3.05) is 6.54 Å². The summed E-state index contributed by atoms with van der Waals surface area (Å²) >= 11 is 3.39. The predicted octanol–water partition coefficient (Wildman–Crippen LogP) is 3.99. The minimum Gasteiger partial charge on any atom is -0.508 e. The van der Waals surface area contributed by atoms with Crippen LogP contribution in [0.5, 0.6) is 11.5 Å². The van der Waals surface area contributed by atoms with Gasteiger partial charge in [-0.25, -0.2) is 0 Å². The molecule has 1 aromatic heterocycles. The monoisotopic (exact) mass is 385 g/mol. The maximum Gasteiger partial charge on any atom is 0.260 e. The zero-order chi connectivity index (χ0) is 16.4. The van der Waals surface area contributed by atoms with Crippen LogP contribution in [0.3, 0.4) is 0 Å². The molecule has 0 spiro atoms. The van der Waals surface area contributed by atoms with Crippen LogP contribution in [0.1, 0.15) is 27.9 Å². The van der Waals surface area contributed by atoms with Crippen LogP contribution >= 0.6 is 15.9 Å². The zero-order valence-corrected chi connectivity index (χ0v) is 14.0. The van der Waals surface area contributed by atoms with Crippen LogP contribution in [0.15, 0.2) is 45.3 Å². The van der Waals surface area contributed by atoms with Crippen molar-refractivity contribution < 1.29 is 19.1 Å². The van der Waals surface area contributed by atoms with Gasteiger partial charge in [0.2, 0.25) is 6.23 Å². The van der Waals surface area contributed by atoms with Crippen LogP contribution in [0.2, 0.25) is 0 Å². The normalized spacial score (nSPS) is 18.8. The number of hydrogen-bond acceptors (Lipinski definition) is 4. The number of hydrogen-bond donors (Lipinski definition) is 1. The lowest BCUT2D eigenvalue weighted by molar-refractivity contribution is -0.00670. The molecule has 3 aromatic rings. The van der Waals surface area contributed by atoms with E-state index in [-0.39, 0.29) is 11.7 Å². The van der Waals surface area contributed by atoms with Crippen molar-refractivity contribution >= 4 is 32.8 Å². The molecule has 0 aliphatic carbocycles. The molecule has 1 atom stereocenters. The Hall–Kier alpha value is -2.47. The number of nitrogens with zero attached hydrogens (tertiary/aromatic N) is 1. The molecule has 24 heavy (non-hydrogen) atoms. The van der Waals surface area contributed by atoms with Gasteiger partial charge in [0.05, 0.1) is 5.56 Å². The predicted molar refractivity (Wildman–Crippen MR) is 90.1 cm³/mol. The highest BCUT2D eigenvalue weighted by Crippen LogP contribution is 2.43. The van der Waals surface area contributed by atoms with Gasteiger partial charge in [-0.05, 0) is 42.8 Å². The van der Waals surface area contributed by atoms with Gasteiger partial charge in [0, 0.05) is 22.0 Å². The van der Waals surface area contributed by atoms with Crippen LogP contribution in [-0.2, 0) is 6.42 Å². The molecule has 3 heterocycles. The minimum absolute atomic E-state index is 0.0588. The fourth-order valence-electron chi connectivity index (χ4n) is 3.48. The Bertz CT molecular complexity index is 1010. The average Bonchev–Trinajstić information content (AvgIpc) is 2.94. The first-order valence-corrected chi connectivity index (χ1v) is 8.42. The average molecular weight is 386 g/mol. The van der Waals surface area contributed by atoms with Gasteiger partial charge in [0.15, 0.2) is 5.76 Å². The second kappa shape index (κ2) is 4.77. The number of fused-ring (bicyclic) bond motifs is 6. The molecule has 6 heteroatoms. The van der Waals surface area contributed by atoms with Gasteiger partial charge in [-0.2, -0.15) is 0 Å². The third-order valence-electron chi connectivity index (χ3n) is 4.59. The molecule has 0 saturated carbocycles. The van der Waals surface area contributed by atoms with E-state index >= 15 is 0 Å². The largest absolute Gasteiger partial charge is 0.508 e. The number of furan rings is 1. The maximum atomic E-state index is 12.8. The molecule has 0 bridgehead atoms. The van der Waals surface area contributed by atoms with Crippen LogP contribution in [0.25, 0.3) is 11.0 Å². The van der Waals surface area contributed by atoms with E-state index in [1.54, 1.807) is 35.2 Å². The van der Waals surface area contributed by atoms with Crippen LogP contribution < -0.4 is 4.74 Å². The second-order valence-electron chi connectivity index (χ2n) is 5.98. The molecule has 5 nitrogen and oxygen atoms in total. The summed E-state index contributed by atoms with van der Waals surface area (Å²) in [7, 11) is 0. The smallest absolute Gasteiger partial charge is 0.260 e. The molecule has 2 aliphatic heterocycles. The Labute approximate surface area is 145 Å². The van der Waals surface area contributed by atoms with Crippen molar-refractivity contribution in [3.8, 4) is 11.5 Å². The van der Waals surface area contributed by atoms with Crippen molar-refractivity contribution in [1.29, 1.82) is 0 Å². The Kier molecular flexibility index (Phi) is 2.77. The highest BCUT2D eigenvalue weighted by molar-refractivity contribution is 9.10. The lowest BCUT2D eigenvalue weighted by Crippen LogP contribution is -2.45. The van der Waals surface area contributed by atoms with E-state index < -0.39 is 6.23 Å². The molecular weight excluding hydrogens is 374 g/mol. The minimum atomic E-state index is -0.565. The summed E-state index contributed by atoms with van der Waals surface area (Å²) in [4.78, 5) is 14.5. The number of amides is 1. The zero-order valence-electron chi connectivity index (χ0n) is 12.5. The maximum absolute atomic E-state index is 12.8. The second-order valence-corrected chi connectivity index (χ2v) is 6.90. The standard InChI is InChI=1S/C18H12BrNO4/c19-9-1-3-15-13(7-9)17(22)20-6-5-11-12-8-10(21)2-4-14(12)23-16(11)18(20)24-15/h1-4,7-8,18,21H,5-6H2. The van der Waals surface area contributed by atoms with Crippen LogP contribution in [-0.4, -0.2) is 22.5 Å². The van der Waals surface area contributed by atoms with E-state index in [1.165, 1.54) is 0 Å². The van der Waals surface area contributed by atoms with E-state index in [9.17, 15) is 9.90 Å². The number of phenols is 1. The van der Waals surface area contributed by atoms with Crippen LogP contribution in [0, 0.1) is 0 Å². The molecule has 1 amide bonds. The number of carbonyl (C=O) groups is 1. The Morgan fingerprint density at radius 3 is 2.96 bits per heavy atom. The number of ether oxygens (including phenoxy) is 1. The SMILES string of the molecule is O=C1c2cc(Br)ccc2OC2c3oc4ccc(O)cc4c3CCN12. The molecule has 120 valence electrons. The fraction of sp³-hybridized carbons (Fsp3) is 0.167. The van der Waals surface area contributed by atoms with Gasteiger partial charge in [-0.15, -0.1) is 0 Å². The molecule has 2 aliphatic rings. The van der Waals surface area contributed by atoms with Crippen molar-refractivity contribution in [2.45, 2.75) is 12.6 Å². The molecular formula is C18H12BrNO4. The number of halogens is 1. The summed E-state index contributed by atoms with van der Waals surface area (Å²) in [6.07, 6.45) is 0.102. The van der Waals surface area contributed by atoms with Crippen molar-refractivity contribution in [1.82, 2.24) is 4.90 Å². The molecule has 2 aromatic carbocycles. The molecule has 1 unspecified atom stereocenters. The number of aromatic hydroxyl groups is 1. The first-order chi connectivity index (χ1) is 11.6. The van der Waals surface area contributed by atoms with Gasteiger partial charge in [0.25, 0.3) is 5.91 Å². The third kappa shape index (κ3) is 1.83. The summed E-state index contributed by atoms with van der Waals surface area (Å²) in [6.45, 7) is 0.548. The first-order valence-electron chi connectivity index (χ1n) is 7.63. The van der Waals surface area contributed by atoms with Crippen molar-refractivity contribution in [3.63, 3.8) is 0 Å². The summed E-state index contributed by atoms with van der Waals surface area (Å²) in [5.74, 6) is 1.34. The van der Waals surface area contributed by atoms with Crippen molar-refractivity contribution in [2.24, 2.45) is 0 Å². The number of phenolic OH excluding ortho intramolecular Hbond substituents is 1. The summed E-state index contributed by atoms with van der Waals surface area (Å²) in [5.41, 5.74) is 2.24. The summed E-state index contributed by atoms with van der Waals surface area (Å²) in [6, 6.07) is 10.4. The van der Waals surface area contributed by atoms with Gasteiger partial charge < -0.3 is 14.3 Å². The highest BCUT2D eigenvalue weighted by atomic mass is 79.9. The Morgan fingerprint density at radius 1 is 1.21 bits per heavy atom. The molecule has 1 N–H and O–H groups in total. The van der Waals surface area contributed by atoms with E-state index in [0.29, 0.717) is 35.6 Å². The van der Waals surface area contributed by atoms with E-state index in [2.05, 4.69) is 15.9 Å². The molecule has 0 saturated heterocycles. The number of rotatable bonds is 0. The quantitative estimate of drug-likeness (QED) is 0.635. The summed E-state index contributed by atoms with van der Waals surface area (Å²) < 4.78 is 12.9. The number of carbonyl (C=O) groups excluding carboxylic acids is 1. The first kappa shape index (κ1) is 13.9. The Balaban J connectivity index is 1.68. The summed E-state index contributed by atoms with van der Waals surface area (Å²) in [5, 5.41) is 10.6. The number of benzene rings is 2. The van der Waals surface area contributed by atoms with E-state index in [0.717, 1.165) is 15.4 Å². The lowest BCUT2D eigenvalue weighted by atomic mass is 9.99. The van der Waals surface area contributed by atoms with Gasteiger partial charge in [-0.1, -0.05) is 15.9 Å². The topological polar surface area (TPSA) is 62.9 Å².